The van der Waals surface area contributed by atoms with E-state index in [9.17, 15) is 4.79 Å². The summed E-state index contributed by atoms with van der Waals surface area (Å²) < 4.78 is 6.10. The van der Waals surface area contributed by atoms with Gasteiger partial charge in [0.15, 0.2) is 0 Å². The van der Waals surface area contributed by atoms with Crippen LogP contribution in [0.15, 0.2) is 28.7 Å². The molecule has 1 aromatic carbocycles. The van der Waals surface area contributed by atoms with Gasteiger partial charge in [0.2, 0.25) is 0 Å². The number of nitrogens with zero attached hydrogens (tertiary/aromatic N) is 1. The van der Waals surface area contributed by atoms with Gasteiger partial charge in [-0.15, -0.1) is 0 Å². The molecule has 0 radical (unpaired) electrons. The lowest BCUT2D eigenvalue weighted by molar-refractivity contribution is -0.154. The largest absolute Gasteiger partial charge is 0.468 e. The maximum absolute atomic E-state index is 12.3. The van der Waals surface area contributed by atoms with Gasteiger partial charge in [0.05, 0.1) is 7.11 Å². The van der Waals surface area contributed by atoms with Crippen LogP contribution in [0.25, 0.3) is 0 Å². The van der Waals surface area contributed by atoms with Gasteiger partial charge in [-0.2, -0.15) is 0 Å². The molecule has 110 valence electrons. The fourth-order valence-corrected chi connectivity index (χ4v) is 2.96. The number of nitrogens with one attached hydrogen (secondary N) is 1. The van der Waals surface area contributed by atoms with Crippen LogP contribution in [0.1, 0.15) is 12.5 Å². The Morgan fingerprint density at radius 2 is 1.95 bits per heavy atom. The standard InChI is InChI=1S/C15H21BrN2O2/c1-15(14(19)20-2,18-9-7-17-8-10-18)11-12-3-5-13(16)6-4-12/h3-6,17H,7-11H2,1-2H3. The molecule has 0 amide bonds. The fraction of sp³-hybridized carbons (Fsp3) is 0.533. The molecule has 5 heteroatoms. The smallest absolute Gasteiger partial charge is 0.326 e. The zero-order valence-electron chi connectivity index (χ0n) is 12.0. The summed E-state index contributed by atoms with van der Waals surface area (Å²) in [5.41, 5.74) is 0.532. The first-order valence-electron chi connectivity index (χ1n) is 6.85. The number of ether oxygens (including phenoxy) is 1. The molecule has 1 heterocycles. The Morgan fingerprint density at radius 3 is 2.50 bits per heavy atom. The first-order valence-corrected chi connectivity index (χ1v) is 7.64. The molecule has 20 heavy (non-hydrogen) atoms. The van der Waals surface area contributed by atoms with E-state index in [1.54, 1.807) is 0 Å². The molecule has 0 saturated carbocycles. The van der Waals surface area contributed by atoms with Crippen molar-refractivity contribution in [1.29, 1.82) is 0 Å². The number of carbonyl (C=O) groups excluding carboxylic acids is 1. The molecule has 1 aromatic rings. The van der Waals surface area contributed by atoms with Crippen LogP contribution in [0.4, 0.5) is 0 Å². The van der Waals surface area contributed by atoms with E-state index in [1.165, 1.54) is 7.11 Å². The van der Waals surface area contributed by atoms with Gasteiger partial charge in [-0.1, -0.05) is 28.1 Å². The Labute approximate surface area is 128 Å². The molecule has 1 aliphatic heterocycles. The third-order valence-electron chi connectivity index (χ3n) is 3.90. The molecule has 0 spiro atoms. The van der Waals surface area contributed by atoms with Crippen LogP contribution in [0.3, 0.4) is 0 Å². The first kappa shape index (κ1) is 15.5. The van der Waals surface area contributed by atoms with Crippen molar-refractivity contribution in [3.05, 3.63) is 34.3 Å². The van der Waals surface area contributed by atoms with E-state index >= 15 is 0 Å². The lowest BCUT2D eigenvalue weighted by Crippen LogP contribution is -2.60. The Hall–Kier alpha value is -0.910. The van der Waals surface area contributed by atoms with Crippen molar-refractivity contribution in [3.63, 3.8) is 0 Å². The number of rotatable bonds is 4. The second kappa shape index (κ2) is 6.70. The van der Waals surface area contributed by atoms with Gasteiger partial charge < -0.3 is 10.1 Å². The maximum atomic E-state index is 12.3. The number of hydrogen-bond donors (Lipinski definition) is 1. The van der Waals surface area contributed by atoms with Gasteiger partial charge in [0, 0.05) is 37.1 Å². The lowest BCUT2D eigenvalue weighted by atomic mass is 9.90. The predicted molar refractivity (Wildman–Crippen MR) is 82.7 cm³/mol. The Morgan fingerprint density at radius 1 is 1.35 bits per heavy atom. The summed E-state index contributed by atoms with van der Waals surface area (Å²) in [7, 11) is 1.46. The minimum absolute atomic E-state index is 0.165. The highest BCUT2D eigenvalue weighted by atomic mass is 79.9. The summed E-state index contributed by atoms with van der Waals surface area (Å²) >= 11 is 3.43. The highest BCUT2D eigenvalue weighted by molar-refractivity contribution is 9.10. The van der Waals surface area contributed by atoms with Gasteiger partial charge in [-0.05, 0) is 24.6 Å². The van der Waals surface area contributed by atoms with Crippen molar-refractivity contribution in [2.45, 2.75) is 18.9 Å². The zero-order valence-corrected chi connectivity index (χ0v) is 13.6. The van der Waals surface area contributed by atoms with E-state index < -0.39 is 5.54 Å². The topological polar surface area (TPSA) is 41.6 Å². The Kier molecular flexibility index (Phi) is 5.18. The average Bonchev–Trinajstić information content (AvgIpc) is 2.49. The van der Waals surface area contributed by atoms with Gasteiger partial charge in [0.1, 0.15) is 5.54 Å². The molecule has 0 aliphatic carbocycles. The fourth-order valence-electron chi connectivity index (χ4n) is 2.69. The molecule has 1 fully saturated rings. The minimum Gasteiger partial charge on any atom is -0.468 e. The lowest BCUT2D eigenvalue weighted by Gasteiger charge is -2.41. The molecule has 2 rings (SSSR count). The van der Waals surface area contributed by atoms with Crippen LogP contribution in [-0.4, -0.2) is 49.7 Å². The van der Waals surface area contributed by atoms with E-state index in [0.717, 1.165) is 36.2 Å². The number of halogens is 1. The quantitative estimate of drug-likeness (QED) is 0.849. The van der Waals surface area contributed by atoms with E-state index in [1.807, 2.05) is 31.2 Å². The number of carbonyl (C=O) groups is 1. The third-order valence-corrected chi connectivity index (χ3v) is 4.43. The average molecular weight is 341 g/mol. The van der Waals surface area contributed by atoms with Crippen molar-refractivity contribution in [2.75, 3.05) is 33.3 Å². The van der Waals surface area contributed by atoms with Crippen LogP contribution >= 0.6 is 15.9 Å². The zero-order chi connectivity index (χ0) is 14.6. The SMILES string of the molecule is COC(=O)C(C)(Cc1ccc(Br)cc1)N1CCNCC1. The minimum atomic E-state index is -0.606. The molecule has 1 saturated heterocycles. The normalized spacial score (nSPS) is 19.4. The summed E-state index contributed by atoms with van der Waals surface area (Å²) in [4.78, 5) is 14.5. The summed E-state index contributed by atoms with van der Waals surface area (Å²) in [5.74, 6) is -0.165. The van der Waals surface area contributed by atoms with Gasteiger partial charge in [0.25, 0.3) is 0 Å². The van der Waals surface area contributed by atoms with Crippen LogP contribution in [0, 0.1) is 0 Å². The van der Waals surface area contributed by atoms with Crippen molar-refractivity contribution in [1.82, 2.24) is 10.2 Å². The second-order valence-corrected chi connectivity index (χ2v) is 6.22. The van der Waals surface area contributed by atoms with Gasteiger partial charge >= 0.3 is 5.97 Å². The summed E-state index contributed by atoms with van der Waals surface area (Å²) in [6.45, 7) is 5.52. The van der Waals surface area contributed by atoms with E-state index in [2.05, 4.69) is 26.1 Å². The third kappa shape index (κ3) is 3.40. The van der Waals surface area contributed by atoms with Crippen LogP contribution < -0.4 is 5.32 Å². The van der Waals surface area contributed by atoms with Crippen molar-refractivity contribution < 1.29 is 9.53 Å². The van der Waals surface area contributed by atoms with E-state index in [4.69, 9.17) is 4.74 Å². The maximum Gasteiger partial charge on any atom is 0.326 e. The molecule has 1 N–H and O–H groups in total. The number of hydrogen-bond acceptors (Lipinski definition) is 4. The van der Waals surface area contributed by atoms with E-state index in [-0.39, 0.29) is 5.97 Å². The first-order chi connectivity index (χ1) is 9.56. The van der Waals surface area contributed by atoms with E-state index in [0.29, 0.717) is 6.42 Å². The van der Waals surface area contributed by atoms with Crippen molar-refractivity contribution in [3.8, 4) is 0 Å². The predicted octanol–water partition coefficient (Wildman–Crippen LogP) is 1.83. The second-order valence-electron chi connectivity index (χ2n) is 5.31. The molecule has 0 aromatic heterocycles. The van der Waals surface area contributed by atoms with Gasteiger partial charge in [-0.3, -0.25) is 9.69 Å². The molecule has 1 aliphatic rings. The van der Waals surface area contributed by atoms with Crippen molar-refractivity contribution >= 4 is 21.9 Å². The van der Waals surface area contributed by atoms with Crippen LogP contribution in [-0.2, 0) is 16.0 Å². The summed E-state index contributed by atoms with van der Waals surface area (Å²) in [6, 6.07) is 8.11. The molecule has 4 nitrogen and oxygen atoms in total. The van der Waals surface area contributed by atoms with Crippen LogP contribution in [0.2, 0.25) is 0 Å². The Balaban J connectivity index is 2.21. The van der Waals surface area contributed by atoms with Crippen molar-refractivity contribution in [2.24, 2.45) is 0 Å². The Bertz CT molecular complexity index is 457. The number of piperazine rings is 1. The highest BCUT2D eigenvalue weighted by Crippen LogP contribution is 2.24. The number of methoxy groups -OCH3 is 1. The number of esters is 1. The molecule has 0 bridgehead atoms. The molecule has 1 unspecified atom stereocenters. The van der Waals surface area contributed by atoms with Crippen LogP contribution in [0.5, 0.6) is 0 Å². The molecular weight excluding hydrogens is 320 g/mol. The highest BCUT2D eigenvalue weighted by Gasteiger charge is 2.41. The summed E-state index contributed by atoms with van der Waals surface area (Å²) in [6.07, 6.45) is 0.660. The number of benzene rings is 1. The monoisotopic (exact) mass is 340 g/mol. The summed E-state index contributed by atoms with van der Waals surface area (Å²) in [5, 5.41) is 3.32. The molecule has 1 atom stereocenters. The molecular formula is C15H21BrN2O2. The van der Waals surface area contributed by atoms with Gasteiger partial charge in [-0.25, -0.2) is 0 Å².